The van der Waals surface area contributed by atoms with Crippen molar-refractivity contribution in [3.05, 3.63) is 59.7 Å². The van der Waals surface area contributed by atoms with E-state index in [4.69, 9.17) is 14.2 Å². The van der Waals surface area contributed by atoms with Gasteiger partial charge >= 0.3 is 0 Å². The molecule has 1 aliphatic rings. The molecular formula is C27H32N4O4. The number of hydrogen-bond donors (Lipinski definition) is 0. The highest BCUT2D eigenvalue weighted by Gasteiger charge is 2.27. The SMILES string of the molecule is COc1ccc(OC)c(-c2ccc(N3CCN(C(=O)C(C)Oc4cc(C)cc(C)c4)CC3)nn2)c1. The van der Waals surface area contributed by atoms with E-state index in [1.807, 2.05) is 68.1 Å². The topological polar surface area (TPSA) is 77.0 Å². The van der Waals surface area contributed by atoms with E-state index in [1.54, 1.807) is 14.2 Å². The number of amides is 1. The van der Waals surface area contributed by atoms with Crippen molar-refractivity contribution in [2.24, 2.45) is 0 Å². The highest BCUT2D eigenvalue weighted by atomic mass is 16.5. The van der Waals surface area contributed by atoms with Crippen molar-refractivity contribution in [1.82, 2.24) is 15.1 Å². The van der Waals surface area contributed by atoms with Crippen LogP contribution in [0.3, 0.4) is 0 Å². The van der Waals surface area contributed by atoms with Gasteiger partial charge in [-0.25, -0.2) is 0 Å². The number of hydrogen-bond acceptors (Lipinski definition) is 7. The van der Waals surface area contributed by atoms with Crippen LogP contribution < -0.4 is 19.1 Å². The van der Waals surface area contributed by atoms with Crippen molar-refractivity contribution in [3.63, 3.8) is 0 Å². The fourth-order valence-electron chi connectivity index (χ4n) is 4.32. The number of rotatable bonds is 7. The Morgan fingerprint density at radius 3 is 2.17 bits per heavy atom. The Morgan fingerprint density at radius 2 is 1.57 bits per heavy atom. The van der Waals surface area contributed by atoms with Crippen molar-refractivity contribution in [3.8, 4) is 28.5 Å². The van der Waals surface area contributed by atoms with Crippen LogP contribution in [0.4, 0.5) is 5.82 Å². The van der Waals surface area contributed by atoms with Crippen LogP contribution in [0.5, 0.6) is 17.2 Å². The van der Waals surface area contributed by atoms with Crippen LogP contribution in [0.2, 0.25) is 0 Å². The molecule has 1 aliphatic heterocycles. The summed E-state index contributed by atoms with van der Waals surface area (Å²) in [6.07, 6.45) is -0.542. The zero-order chi connectivity index (χ0) is 24.9. The molecule has 2 aromatic carbocycles. The maximum Gasteiger partial charge on any atom is 0.263 e. The molecule has 3 aromatic rings. The van der Waals surface area contributed by atoms with E-state index in [-0.39, 0.29) is 5.91 Å². The third kappa shape index (κ3) is 5.65. The number of anilines is 1. The monoisotopic (exact) mass is 476 g/mol. The molecule has 1 atom stereocenters. The first-order valence-corrected chi connectivity index (χ1v) is 11.7. The van der Waals surface area contributed by atoms with Crippen molar-refractivity contribution in [2.75, 3.05) is 45.3 Å². The number of nitrogens with zero attached hydrogens (tertiary/aromatic N) is 4. The molecule has 0 spiro atoms. The van der Waals surface area contributed by atoms with Crippen molar-refractivity contribution in [2.45, 2.75) is 26.9 Å². The number of aryl methyl sites for hydroxylation is 2. The average molecular weight is 477 g/mol. The maximum absolute atomic E-state index is 13.0. The molecule has 2 heterocycles. The molecule has 35 heavy (non-hydrogen) atoms. The lowest BCUT2D eigenvalue weighted by Crippen LogP contribution is -2.52. The molecule has 1 aromatic heterocycles. The largest absolute Gasteiger partial charge is 0.497 e. The highest BCUT2D eigenvalue weighted by molar-refractivity contribution is 5.81. The first kappa shape index (κ1) is 24.3. The van der Waals surface area contributed by atoms with Crippen LogP contribution >= 0.6 is 0 Å². The van der Waals surface area contributed by atoms with E-state index in [0.717, 1.165) is 34.0 Å². The van der Waals surface area contributed by atoms with Gasteiger partial charge < -0.3 is 24.0 Å². The van der Waals surface area contributed by atoms with Crippen molar-refractivity contribution < 1.29 is 19.0 Å². The standard InChI is InChI=1S/C27H32N4O4/c1-18-14-19(2)16-22(15-18)35-20(3)27(32)31-12-10-30(11-13-31)26-9-7-24(28-29-26)23-17-21(33-4)6-8-25(23)34-5/h6-9,14-17,20H,10-13H2,1-5H3. The van der Waals surface area contributed by atoms with Crippen LogP contribution in [0.1, 0.15) is 18.1 Å². The molecule has 4 rings (SSSR count). The normalized spacial score (nSPS) is 14.4. The lowest BCUT2D eigenvalue weighted by atomic mass is 10.1. The van der Waals surface area contributed by atoms with Crippen LogP contribution in [-0.2, 0) is 4.79 Å². The summed E-state index contributed by atoms with van der Waals surface area (Å²) >= 11 is 0. The van der Waals surface area contributed by atoms with Gasteiger partial charge in [0.15, 0.2) is 11.9 Å². The van der Waals surface area contributed by atoms with E-state index in [2.05, 4.69) is 21.2 Å². The van der Waals surface area contributed by atoms with E-state index in [0.29, 0.717) is 37.6 Å². The molecule has 1 unspecified atom stereocenters. The lowest BCUT2D eigenvalue weighted by Gasteiger charge is -2.36. The van der Waals surface area contributed by atoms with Crippen LogP contribution in [0.15, 0.2) is 48.5 Å². The van der Waals surface area contributed by atoms with E-state index < -0.39 is 6.10 Å². The third-order valence-corrected chi connectivity index (χ3v) is 6.10. The predicted molar refractivity (Wildman–Crippen MR) is 135 cm³/mol. The van der Waals surface area contributed by atoms with Gasteiger partial charge in [0.1, 0.15) is 17.2 Å². The van der Waals surface area contributed by atoms with Gasteiger partial charge in [-0.3, -0.25) is 4.79 Å². The van der Waals surface area contributed by atoms with E-state index in [1.165, 1.54) is 0 Å². The molecule has 1 fully saturated rings. The molecule has 1 saturated heterocycles. The van der Waals surface area contributed by atoms with E-state index in [9.17, 15) is 4.79 Å². The molecule has 0 bridgehead atoms. The Morgan fingerprint density at radius 1 is 0.857 bits per heavy atom. The summed E-state index contributed by atoms with van der Waals surface area (Å²) in [4.78, 5) is 17.0. The number of carbonyl (C=O) groups is 1. The first-order chi connectivity index (χ1) is 16.9. The smallest absolute Gasteiger partial charge is 0.263 e. The Kier molecular flexibility index (Phi) is 7.39. The molecule has 184 valence electrons. The number of methoxy groups -OCH3 is 2. The minimum atomic E-state index is -0.542. The number of carbonyl (C=O) groups excluding carboxylic acids is 1. The molecular weight excluding hydrogens is 444 g/mol. The first-order valence-electron chi connectivity index (χ1n) is 11.7. The summed E-state index contributed by atoms with van der Waals surface area (Å²) in [6.45, 7) is 8.42. The second-order valence-electron chi connectivity index (χ2n) is 8.74. The number of aromatic nitrogens is 2. The fraction of sp³-hybridized carbons (Fsp3) is 0.370. The lowest BCUT2D eigenvalue weighted by molar-refractivity contribution is -0.138. The summed E-state index contributed by atoms with van der Waals surface area (Å²) in [5.41, 5.74) is 3.75. The third-order valence-electron chi connectivity index (χ3n) is 6.10. The number of piperazine rings is 1. The average Bonchev–Trinajstić information content (AvgIpc) is 2.87. The van der Waals surface area contributed by atoms with Crippen LogP contribution in [0.25, 0.3) is 11.3 Å². The zero-order valence-corrected chi connectivity index (χ0v) is 20.9. The van der Waals surface area contributed by atoms with Gasteiger partial charge in [-0.1, -0.05) is 6.07 Å². The molecule has 0 N–H and O–H groups in total. The van der Waals surface area contributed by atoms with Crippen molar-refractivity contribution in [1.29, 1.82) is 0 Å². The van der Waals surface area contributed by atoms with E-state index >= 15 is 0 Å². The Balaban J connectivity index is 1.37. The van der Waals surface area contributed by atoms with Gasteiger partial charge in [-0.15, -0.1) is 10.2 Å². The van der Waals surface area contributed by atoms with Gasteiger partial charge in [0.05, 0.1) is 19.9 Å². The van der Waals surface area contributed by atoms with Gasteiger partial charge in [0.25, 0.3) is 5.91 Å². The van der Waals surface area contributed by atoms with Gasteiger partial charge in [0, 0.05) is 31.7 Å². The zero-order valence-electron chi connectivity index (χ0n) is 20.9. The quantitative estimate of drug-likeness (QED) is 0.512. The summed E-state index contributed by atoms with van der Waals surface area (Å²) in [5, 5.41) is 8.86. The Labute approximate surface area is 206 Å². The molecule has 8 nitrogen and oxygen atoms in total. The number of benzene rings is 2. The molecule has 0 radical (unpaired) electrons. The maximum atomic E-state index is 13.0. The summed E-state index contributed by atoms with van der Waals surface area (Å²) < 4.78 is 16.7. The van der Waals surface area contributed by atoms with Gasteiger partial charge in [0.2, 0.25) is 0 Å². The predicted octanol–water partition coefficient (Wildman–Crippen LogP) is 3.89. The minimum Gasteiger partial charge on any atom is -0.497 e. The second kappa shape index (κ2) is 10.6. The van der Waals surface area contributed by atoms with Crippen LogP contribution in [0, 0.1) is 13.8 Å². The molecule has 0 aliphatic carbocycles. The Hall–Kier alpha value is -3.81. The molecule has 1 amide bonds. The number of ether oxygens (including phenoxy) is 3. The summed E-state index contributed by atoms with van der Waals surface area (Å²) in [6, 6.07) is 15.5. The fourth-order valence-corrected chi connectivity index (χ4v) is 4.32. The summed E-state index contributed by atoms with van der Waals surface area (Å²) in [5.74, 6) is 2.93. The second-order valence-corrected chi connectivity index (χ2v) is 8.74. The van der Waals surface area contributed by atoms with Gasteiger partial charge in [-0.2, -0.15) is 0 Å². The Bertz CT molecular complexity index is 1150. The molecule has 0 saturated carbocycles. The molecule has 8 heteroatoms. The minimum absolute atomic E-state index is 0.00430. The van der Waals surface area contributed by atoms with Crippen LogP contribution in [-0.4, -0.2) is 67.5 Å². The van der Waals surface area contributed by atoms with Gasteiger partial charge in [-0.05, 0) is 74.4 Å². The van der Waals surface area contributed by atoms with Crippen molar-refractivity contribution >= 4 is 11.7 Å². The highest BCUT2D eigenvalue weighted by Crippen LogP contribution is 2.32. The summed E-state index contributed by atoms with van der Waals surface area (Å²) in [7, 11) is 3.25.